The number of aryl methyl sites for hydroxylation is 3. The second-order valence-electron chi connectivity index (χ2n) is 4.60. The van der Waals surface area contributed by atoms with Gasteiger partial charge in [-0.05, 0) is 55.7 Å². The van der Waals surface area contributed by atoms with Crippen LogP contribution in [0.2, 0.25) is 0 Å². The Morgan fingerprint density at radius 3 is 2.33 bits per heavy atom. The molecule has 2 rings (SSSR count). The van der Waals surface area contributed by atoms with E-state index in [0.29, 0.717) is 0 Å². The molecule has 1 heterocycles. The molecular weight excluding hydrogens is 288 g/mol. The Morgan fingerprint density at radius 2 is 1.78 bits per heavy atom. The molecule has 0 fully saturated rings. The van der Waals surface area contributed by atoms with Crippen molar-refractivity contribution in [2.45, 2.75) is 27.3 Å². The number of hydrogen-bond donors (Lipinski definition) is 1. The first-order chi connectivity index (χ1) is 8.56. The molecule has 0 aliphatic heterocycles. The molecule has 3 heteroatoms. The molecule has 0 aliphatic carbocycles. The molecule has 0 atom stereocenters. The Hall–Kier alpha value is -1.35. The second-order valence-corrected chi connectivity index (χ2v) is 5.40. The number of pyridine rings is 1. The normalized spacial score (nSPS) is 10.4. The molecule has 0 unspecified atom stereocenters. The summed E-state index contributed by atoms with van der Waals surface area (Å²) in [5.41, 5.74) is 5.87. The van der Waals surface area contributed by atoms with Crippen LogP contribution >= 0.6 is 15.9 Å². The quantitative estimate of drug-likeness (QED) is 0.910. The van der Waals surface area contributed by atoms with E-state index in [1.807, 2.05) is 13.1 Å². The minimum atomic E-state index is 0.751. The lowest BCUT2D eigenvalue weighted by Gasteiger charge is -2.10. The first-order valence-electron chi connectivity index (χ1n) is 5.98. The smallest absolute Gasteiger partial charge is 0.0594 e. The van der Waals surface area contributed by atoms with Gasteiger partial charge in [0.05, 0.1) is 12.2 Å². The van der Waals surface area contributed by atoms with Crippen LogP contribution < -0.4 is 5.32 Å². The number of nitrogens with zero attached hydrogens (tertiary/aromatic N) is 1. The molecule has 2 aromatic rings. The van der Waals surface area contributed by atoms with Crippen LogP contribution in [0.4, 0.5) is 5.69 Å². The SMILES string of the molecule is Cc1ccc(CNc2cc(C)c(Br)c(C)c2)nc1. The van der Waals surface area contributed by atoms with Crippen molar-refractivity contribution in [1.29, 1.82) is 0 Å². The molecule has 0 spiro atoms. The van der Waals surface area contributed by atoms with Crippen LogP contribution in [0, 0.1) is 20.8 Å². The van der Waals surface area contributed by atoms with E-state index in [1.165, 1.54) is 21.2 Å². The highest BCUT2D eigenvalue weighted by molar-refractivity contribution is 9.10. The number of nitrogens with one attached hydrogen (secondary N) is 1. The molecule has 0 saturated carbocycles. The van der Waals surface area contributed by atoms with E-state index < -0.39 is 0 Å². The lowest BCUT2D eigenvalue weighted by molar-refractivity contribution is 1.03. The summed E-state index contributed by atoms with van der Waals surface area (Å²) in [7, 11) is 0. The summed E-state index contributed by atoms with van der Waals surface area (Å²) in [6.07, 6.45) is 1.90. The zero-order valence-corrected chi connectivity index (χ0v) is 12.5. The third kappa shape index (κ3) is 3.10. The molecular formula is C15H17BrN2. The minimum absolute atomic E-state index is 0.751. The summed E-state index contributed by atoms with van der Waals surface area (Å²) in [5.74, 6) is 0. The highest BCUT2D eigenvalue weighted by atomic mass is 79.9. The van der Waals surface area contributed by atoms with E-state index in [4.69, 9.17) is 0 Å². The Balaban J connectivity index is 2.08. The van der Waals surface area contributed by atoms with Gasteiger partial charge in [0.25, 0.3) is 0 Å². The number of anilines is 1. The van der Waals surface area contributed by atoms with Gasteiger partial charge in [0.2, 0.25) is 0 Å². The standard InChI is InChI=1S/C15H17BrN2/c1-10-4-5-13(17-8-10)9-18-14-6-11(2)15(16)12(3)7-14/h4-8,18H,9H2,1-3H3. The summed E-state index contributed by atoms with van der Waals surface area (Å²) in [6, 6.07) is 8.43. The van der Waals surface area contributed by atoms with Crippen molar-refractivity contribution in [3.8, 4) is 0 Å². The fourth-order valence-electron chi connectivity index (χ4n) is 1.84. The van der Waals surface area contributed by atoms with Crippen molar-refractivity contribution in [3.63, 3.8) is 0 Å². The largest absolute Gasteiger partial charge is 0.379 e. The van der Waals surface area contributed by atoms with Crippen LogP contribution in [-0.4, -0.2) is 4.98 Å². The summed E-state index contributed by atoms with van der Waals surface area (Å²) >= 11 is 3.58. The summed E-state index contributed by atoms with van der Waals surface area (Å²) in [4.78, 5) is 4.38. The Bertz CT molecular complexity index is 524. The summed E-state index contributed by atoms with van der Waals surface area (Å²) < 4.78 is 1.18. The fourth-order valence-corrected chi connectivity index (χ4v) is 2.07. The number of halogens is 1. The minimum Gasteiger partial charge on any atom is -0.379 e. The summed E-state index contributed by atoms with van der Waals surface area (Å²) in [5, 5.41) is 3.41. The number of hydrogen-bond acceptors (Lipinski definition) is 2. The monoisotopic (exact) mass is 304 g/mol. The molecule has 94 valence electrons. The second kappa shape index (κ2) is 5.53. The van der Waals surface area contributed by atoms with Gasteiger partial charge in [0, 0.05) is 16.4 Å². The van der Waals surface area contributed by atoms with Gasteiger partial charge < -0.3 is 5.32 Å². The van der Waals surface area contributed by atoms with Crippen LogP contribution in [0.3, 0.4) is 0 Å². The maximum Gasteiger partial charge on any atom is 0.0594 e. The first-order valence-corrected chi connectivity index (χ1v) is 6.77. The summed E-state index contributed by atoms with van der Waals surface area (Å²) in [6.45, 7) is 7.01. The predicted octanol–water partition coefficient (Wildman–Crippen LogP) is 4.38. The van der Waals surface area contributed by atoms with Crippen LogP contribution in [0.15, 0.2) is 34.9 Å². The van der Waals surface area contributed by atoms with E-state index in [0.717, 1.165) is 17.9 Å². The molecule has 18 heavy (non-hydrogen) atoms. The van der Waals surface area contributed by atoms with Crippen LogP contribution in [-0.2, 0) is 6.54 Å². The van der Waals surface area contributed by atoms with Gasteiger partial charge in [-0.1, -0.05) is 22.0 Å². The first kappa shape index (κ1) is 13.1. The average Bonchev–Trinajstić information content (AvgIpc) is 2.35. The highest BCUT2D eigenvalue weighted by Crippen LogP contribution is 2.25. The van der Waals surface area contributed by atoms with E-state index in [2.05, 4.69) is 64.3 Å². The van der Waals surface area contributed by atoms with Crippen molar-refractivity contribution in [2.75, 3.05) is 5.32 Å². The zero-order chi connectivity index (χ0) is 13.1. The molecule has 0 saturated heterocycles. The van der Waals surface area contributed by atoms with E-state index in [-0.39, 0.29) is 0 Å². The highest BCUT2D eigenvalue weighted by Gasteiger charge is 2.02. The van der Waals surface area contributed by atoms with Crippen molar-refractivity contribution < 1.29 is 0 Å². The molecule has 0 aliphatic rings. The van der Waals surface area contributed by atoms with Crippen LogP contribution in [0.25, 0.3) is 0 Å². The van der Waals surface area contributed by atoms with Gasteiger partial charge in [-0.2, -0.15) is 0 Å². The van der Waals surface area contributed by atoms with Crippen LogP contribution in [0.5, 0.6) is 0 Å². The maximum atomic E-state index is 4.38. The third-order valence-electron chi connectivity index (χ3n) is 2.88. The lowest BCUT2D eigenvalue weighted by Crippen LogP contribution is -2.02. The third-order valence-corrected chi connectivity index (χ3v) is 4.13. The maximum absolute atomic E-state index is 4.38. The van der Waals surface area contributed by atoms with Gasteiger partial charge in [-0.15, -0.1) is 0 Å². The van der Waals surface area contributed by atoms with Crippen molar-refractivity contribution in [1.82, 2.24) is 4.98 Å². The molecule has 0 amide bonds. The van der Waals surface area contributed by atoms with E-state index in [9.17, 15) is 0 Å². The molecule has 0 radical (unpaired) electrons. The topological polar surface area (TPSA) is 24.9 Å². The Labute approximate surface area is 117 Å². The van der Waals surface area contributed by atoms with E-state index in [1.54, 1.807) is 0 Å². The number of aromatic nitrogens is 1. The van der Waals surface area contributed by atoms with E-state index >= 15 is 0 Å². The Morgan fingerprint density at radius 1 is 1.11 bits per heavy atom. The fraction of sp³-hybridized carbons (Fsp3) is 0.267. The average molecular weight is 305 g/mol. The predicted molar refractivity (Wildman–Crippen MR) is 79.9 cm³/mol. The Kier molecular flexibility index (Phi) is 4.02. The van der Waals surface area contributed by atoms with Crippen LogP contribution in [0.1, 0.15) is 22.4 Å². The van der Waals surface area contributed by atoms with Gasteiger partial charge in [-0.25, -0.2) is 0 Å². The molecule has 1 aromatic carbocycles. The van der Waals surface area contributed by atoms with Gasteiger partial charge in [0.15, 0.2) is 0 Å². The zero-order valence-electron chi connectivity index (χ0n) is 10.9. The molecule has 0 bridgehead atoms. The van der Waals surface area contributed by atoms with Gasteiger partial charge in [-0.3, -0.25) is 4.98 Å². The van der Waals surface area contributed by atoms with Gasteiger partial charge >= 0.3 is 0 Å². The van der Waals surface area contributed by atoms with Crippen molar-refractivity contribution in [3.05, 3.63) is 57.3 Å². The van der Waals surface area contributed by atoms with Gasteiger partial charge in [0.1, 0.15) is 0 Å². The van der Waals surface area contributed by atoms with Crippen molar-refractivity contribution in [2.24, 2.45) is 0 Å². The molecule has 1 N–H and O–H groups in total. The number of rotatable bonds is 3. The van der Waals surface area contributed by atoms with Crippen molar-refractivity contribution >= 4 is 21.6 Å². The molecule has 1 aromatic heterocycles. The molecule has 2 nitrogen and oxygen atoms in total. The lowest BCUT2D eigenvalue weighted by atomic mass is 10.1. The number of benzene rings is 1.